The molecular weight excluding hydrogens is 620 g/mol. The van der Waals surface area contributed by atoms with Gasteiger partial charge in [-0.1, -0.05) is 0 Å². The molecule has 0 aromatic heterocycles. The van der Waals surface area contributed by atoms with Gasteiger partial charge in [-0.05, 0) is 75.5 Å². The molecule has 16 heteroatoms. The molecule has 0 saturated carbocycles. The van der Waals surface area contributed by atoms with Crippen molar-refractivity contribution in [3.05, 3.63) is 59.2 Å². The van der Waals surface area contributed by atoms with Crippen molar-refractivity contribution >= 4 is 29.3 Å². The Labute approximate surface area is 253 Å². The summed E-state index contributed by atoms with van der Waals surface area (Å²) in [6, 6.07) is 4.58. The first-order chi connectivity index (χ1) is 21.1. The van der Waals surface area contributed by atoms with Crippen LogP contribution in [0.2, 0.25) is 0 Å². The van der Waals surface area contributed by atoms with Gasteiger partial charge in [-0.2, -0.15) is 26.3 Å². The number of nitrogens with zero attached hydrogens (tertiary/aromatic N) is 1. The van der Waals surface area contributed by atoms with Crippen LogP contribution in [0.1, 0.15) is 43.7 Å². The standard InChI is InChI=1S/C16H18F4N2O3.C13H14F4N2O/c1-2-25-15(24)22-7-3-4-10(9-22)14(23)21-11-5-6-12(13(17)8-11)16(18,19)20;14-11-6-9(3-4-10(11)13(15,16)17)19-12(20)8-2-1-5-18-7-8/h5-6,8,10H,2-4,7,9H2,1H3,(H,21,23);3-4,6,8,18H,1-2,5,7H2,(H,19,20)/t10-;8-/m00/s1. The second kappa shape index (κ2) is 15.4. The molecule has 2 aromatic carbocycles. The number of carbonyl (C=O) groups is 3. The van der Waals surface area contributed by atoms with E-state index < -0.39 is 53.0 Å². The van der Waals surface area contributed by atoms with Crippen LogP contribution in [-0.4, -0.2) is 55.6 Å². The Morgan fingerprint density at radius 1 is 0.844 bits per heavy atom. The largest absolute Gasteiger partial charge is 0.450 e. The van der Waals surface area contributed by atoms with Crippen LogP contribution in [0.15, 0.2) is 36.4 Å². The number of carbonyl (C=O) groups excluding carboxylic acids is 3. The number of hydrogen-bond acceptors (Lipinski definition) is 5. The smallest absolute Gasteiger partial charge is 0.419 e. The van der Waals surface area contributed by atoms with Crippen molar-refractivity contribution in [1.29, 1.82) is 0 Å². The van der Waals surface area contributed by atoms with Gasteiger partial charge in [0.15, 0.2) is 0 Å². The highest BCUT2D eigenvalue weighted by Gasteiger charge is 2.35. The molecule has 2 saturated heterocycles. The minimum absolute atomic E-state index is 0.0334. The second-order valence-corrected chi connectivity index (χ2v) is 10.4. The molecule has 4 rings (SSSR count). The molecule has 0 aliphatic carbocycles. The molecule has 3 amide bonds. The first-order valence-corrected chi connectivity index (χ1v) is 14.1. The molecule has 0 radical (unpaired) electrons. The van der Waals surface area contributed by atoms with Crippen molar-refractivity contribution in [3.63, 3.8) is 0 Å². The number of ether oxygens (including phenoxy) is 1. The first kappa shape index (κ1) is 35.5. The highest BCUT2D eigenvalue weighted by molar-refractivity contribution is 5.93. The number of likely N-dealkylation sites (tertiary alicyclic amines) is 1. The van der Waals surface area contributed by atoms with Crippen molar-refractivity contribution in [2.24, 2.45) is 11.8 Å². The van der Waals surface area contributed by atoms with E-state index in [9.17, 15) is 49.5 Å². The number of nitrogens with one attached hydrogen (secondary N) is 3. The van der Waals surface area contributed by atoms with Gasteiger partial charge in [-0.25, -0.2) is 13.6 Å². The maximum Gasteiger partial charge on any atom is 0.419 e. The molecular formula is C29H32F8N4O4. The first-order valence-electron chi connectivity index (χ1n) is 14.1. The Balaban J connectivity index is 0.000000251. The van der Waals surface area contributed by atoms with Crippen LogP contribution in [-0.2, 0) is 26.7 Å². The lowest BCUT2D eigenvalue weighted by atomic mass is 9.97. The summed E-state index contributed by atoms with van der Waals surface area (Å²) in [5, 5.41) is 7.90. The summed E-state index contributed by atoms with van der Waals surface area (Å²) in [5.74, 6) is -4.42. The fourth-order valence-corrected chi connectivity index (χ4v) is 4.78. The Kier molecular flexibility index (Phi) is 12.1. The highest BCUT2D eigenvalue weighted by Crippen LogP contribution is 2.33. The summed E-state index contributed by atoms with van der Waals surface area (Å²) >= 11 is 0. The van der Waals surface area contributed by atoms with Gasteiger partial charge in [0.2, 0.25) is 11.8 Å². The number of hydrogen-bond donors (Lipinski definition) is 3. The number of amides is 3. The predicted molar refractivity (Wildman–Crippen MR) is 147 cm³/mol. The van der Waals surface area contributed by atoms with Crippen LogP contribution in [0.4, 0.5) is 51.3 Å². The second-order valence-electron chi connectivity index (χ2n) is 10.4. The SMILES string of the molecule is CCOC(=O)N1CCC[C@H](C(=O)Nc2ccc(C(F)(F)F)c(F)c2)C1.O=C(Nc1ccc(C(F)(F)F)c(F)c1)[C@H]1CCCNC1. The Morgan fingerprint density at radius 2 is 1.36 bits per heavy atom. The van der Waals surface area contributed by atoms with E-state index in [1.165, 1.54) is 4.90 Å². The molecule has 3 N–H and O–H groups in total. The third-order valence-corrected chi connectivity index (χ3v) is 7.07. The van der Waals surface area contributed by atoms with Crippen molar-refractivity contribution in [3.8, 4) is 0 Å². The van der Waals surface area contributed by atoms with Gasteiger partial charge in [-0.15, -0.1) is 0 Å². The normalized spacial score (nSPS) is 18.7. The van der Waals surface area contributed by atoms with E-state index in [4.69, 9.17) is 4.74 Å². The summed E-state index contributed by atoms with van der Waals surface area (Å²) in [5.41, 5.74) is -2.76. The summed E-state index contributed by atoms with van der Waals surface area (Å²) in [4.78, 5) is 37.2. The molecule has 2 aromatic rings. The van der Waals surface area contributed by atoms with E-state index in [0.717, 1.165) is 25.1 Å². The maximum absolute atomic E-state index is 13.6. The monoisotopic (exact) mass is 652 g/mol. The van der Waals surface area contributed by atoms with Crippen LogP contribution in [0.25, 0.3) is 0 Å². The van der Waals surface area contributed by atoms with Crippen molar-refractivity contribution < 1.29 is 54.2 Å². The van der Waals surface area contributed by atoms with Crippen LogP contribution >= 0.6 is 0 Å². The van der Waals surface area contributed by atoms with E-state index in [1.807, 2.05) is 0 Å². The molecule has 0 bridgehead atoms. The van der Waals surface area contributed by atoms with Crippen LogP contribution in [0.5, 0.6) is 0 Å². The number of anilines is 2. The Morgan fingerprint density at radius 3 is 1.80 bits per heavy atom. The Bertz CT molecular complexity index is 1350. The zero-order chi connectivity index (χ0) is 33.4. The molecule has 2 fully saturated rings. The van der Waals surface area contributed by atoms with E-state index in [-0.39, 0.29) is 36.4 Å². The van der Waals surface area contributed by atoms with Crippen molar-refractivity contribution in [2.45, 2.75) is 45.0 Å². The molecule has 8 nitrogen and oxygen atoms in total. The van der Waals surface area contributed by atoms with Crippen LogP contribution < -0.4 is 16.0 Å². The molecule has 45 heavy (non-hydrogen) atoms. The van der Waals surface area contributed by atoms with Gasteiger partial charge in [0.1, 0.15) is 11.6 Å². The van der Waals surface area contributed by atoms with Crippen LogP contribution in [0.3, 0.4) is 0 Å². The third-order valence-electron chi connectivity index (χ3n) is 7.07. The molecule has 2 aliphatic heterocycles. The third kappa shape index (κ3) is 10.3. The van der Waals surface area contributed by atoms with Gasteiger partial charge in [-0.3, -0.25) is 9.59 Å². The quantitative estimate of drug-likeness (QED) is 0.324. The maximum atomic E-state index is 13.6. The van der Waals surface area contributed by atoms with E-state index in [2.05, 4.69) is 16.0 Å². The predicted octanol–water partition coefficient (Wildman–Crippen LogP) is 6.43. The van der Waals surface area contributed by atoms with Gasteiger partial charge in [0.25, 0.3) is 0 Å². The molecule has 248 valence electrons. The minimum Gasteiger partial charge on any atom is -0.450 e. The number of alkyl halides is 6. The van der Waals surface area contributed by atoms with Crippen molar-refractivity contribution in [1.82, 2.24) is 10.2 Å². The minimum atomic E-state index is -4.80. The van der Waals surface area contributed by atoms with Crippen molar-refractivity contribution in [2.75, 3.05) is 43.4 Å². The zero-order valence-electron chi connectivity index (χ0n) is 24.1. The fourth-order valence-electron chi connectivity index (χ4n) is 4.78. The van der Waals surface area contributed by atoms with E-state index in [0.29, 0.717) is 56.6 Å². The molecule has 0 unspecified atom stereocenters. The van der Waals surface area contributed by atoms with E-state index in [1.54, 1.807) is 6.92 Å². The van der Waals surface area contributed by atoms with Gasteiger partial charge >= 0.3 is 18.4 Å². The topological polar surface area (TPSA) is 99.8 Å². The number of halogens is 8. The highest BCUT2D eigenvalue weighted by atomic mass is 19.4. The summed E-state index contributed by atoms with van der Waals surface area (Å²) in [6.45, 7) is 3.88. The summed E-state index contributed by atoms with van der Waals surface area (Å²) < 4.78 is 107. The number of benzene rings is 2. The number of piperidine rings is 2. The van der Waals surface area contributed by atoms with Gasteiger partial charge in [0.05, 0.1) is 29.6 Å². The van der Waals surface area contributed by atoms with Gasteiger partial charge in [0, 0.05) is 31.0 Å². The van der Waals surface area contributed by atoms with Crippen LogP contribution in [0, 0.1) is 23.5 Å². The lowest BCUT2D eigenvalue weighted by molar-refractivity contribution is -0.140. The molecule has 0 spiro atoms. The number of rotatable bonds is 5. The summed E-state index contributed by atoms with van der Waals surface area (Å²) in [6.07, 6.45) is -7.36. The zero-order valence-corrected chi connectivity index (χ0v) is 24.1. The van der Waals surface area contributed by atoms with Gasteiger partial charge < -0.3 is 25.6 Å². The lowest BCUT2D eigenvalue weighted by Gasteiger charge is -2.31. The Hall–Kier alpha value is -3.95. The lowest BCUT2D eigenvalue weighted by Crippen LogP contribution is -2.44. The molecule has 2 aliphatic rings. The molecule has 2 heterocycles. The molecule has 2 atom stereocenters. The average molecular weight is 653 g/mol. The average Bonchev–Trinajstić information content (AvgIpc) is 2.97. The summed E-state index contributed by atoms with van der Waals surface area (Å²) in [7, 11) is 0. The van der Waals surface area contributed by atoms with E-state index >= 15 is 0 Å². The fraction of sp³-hybridized carbons (Fsp3) is 0.483.